The monoisotopic (exact) mass is 331 g/mol. The van der Waals surface area contributed by atoms with Crippen LogP contribution in [0.1, 0.15) is 36.0 Å². The number of carbonyl (C=O) groups is 1. The maximum Gasteiger partial charge on any atom is 0.253 e. The average molecular weight is 331 g/mol. The summed E-state index contributed by atoms with van der Waals surface area (Å²) in [5.41, 5.74) is 7.79. The van der Waals surface area contributed by atoms with E-state index < -0.39 is 0 Å². The van der Waals surface area contributed by atoms with Gasteiger partial charge in [0.15, 0.2) is 0 Å². The Kier molecular flexibility index (Phi) is 5.11. The van der Waals surface area contributed by atoms with E-state index in [4.69, 9.17) is 10.5 Å². The fraction of sp³-hybridized carbons (Fsp3) is 0.632. The molecule has 1 amide bonds. The van der Waals surface area contributed by atoms with E-state index in [1.54, 1.807) is 0 Å². The van der Waals surface area contributed by atoms with Gasteiger partial charge >= 0.3 is 0 Å². The van der Waals surface area contributed by atoms with Gasteiger partial charge in [-0.05, 0) is 49.3 Å². The van der Waals surface area contributed by atoms with Crippen molar-refractivity contribution in [3.8, 4) is 0 Å². The Morgan fingerprint density at radius 2 is 2.08 bits per heavy atom. The van der Waals surface area contributed by atoms with Crippen molar-refractivity contribution in [2.45, 2.75) is 31.8 Å². The Labute approximate surface area is 144 Å². The molecule has 2 saturated heterocycles. The molecule has 2 aliphatic rings. The Hall–Kier alpha value is -1.59. The van der Waals surface area contributed by atoms with Gasteiger partial charge in [-0.1, -0.05) is 6.07 Å². The van der Waals surface area contributed by atoms with Crippen LogP contribution >= 0.6 is 0 Å². The number of amides is 1. The number of ether oxygens (including phenoxy) is 1. The van der Waals surface area contributed by atoms with Crippen LogP contribution in [0.25, 0.3) is 0 Å². The lowest BCUT2D eigenvalue weighted by atomic mass is 9.73. The lowest BCUT2D eigenvalue weighted by molar-refractivity contribution is -0.0790. The summed E-state index contributed by atoms with van der Waals surface area (Å²) in [6.45, 7) is 3.05. The maximum atomic E-state index is 12.8. The molecule has 1 aromatic carbocycles. The Morgan fingerprint density at radius 3 is 2.67 bits per heavy atom. The zero-order valence-corrected chi connectivity index (χ0v) is 14.8. The zero-order valence-electron chi connectivity index (χ0n) is 14.8. The van der Waals surface area contributed by atoms with E-state index in [1.165, 1.54) is 6.42 Å². The molecule has 1 spiro atoms. The van der Waals surface area contributed by atoms with Gasteiger partial charge in [-0.15, -0.1) is 0 Å². The molecule has 3 rings (SSSR count). The summed E-state index contributed by atoms with van der Waals surface area (Å²) in [7, 11) is 3.98. The fourth-order valence-electron chi connectivity index (χ4n) is 3.78. The van der Waals surface area contributed by atoms with Crippen molar-refractivity contribution in [2.24, 2.45) is 11.1 Å². The van der Waals surface area contributed by atoms with E-state index in [1.807, 2.05) is 48.2 Å². The van der Waals surface area contributed by atoms with Gasteiger partial charge in [0.2, 0.25) is 0 Å². The molecule has 132 valence electrons. The number of likely N-dealkylation sites (tertiary alicyclic amines) is 1. The predicted octanol–water partition coefficient (Wildman–Crippen LogP) is 2.11. The topological polar surface area (TPSA) is 58.8 Å². The molecule has 0 saturated carbocycles. The van der Waals surface area contributed by atoms with Crippen LogP contribution in [0.15, 0.2) is 24.3 Å². The first-order valence-electron chi connectivity index (χ1n) is 8.91. The van der Waals surface area contributed by atoms with Gasteiger partial charge < -0.3 is 20.3 Å². The molecule has 5 nitrogen and oxygen atoms in total. The fourth-order valence-corrected chi connectivity index (χ4v) is 3.78. The second kappa shape index (κ2) is 7.11. The third-order valence-electron chi connectivity index (χ3n) is 5.61. The molecule has 1 atom stereocenters. The quantitative estimate of drug-likeness (QED) is 0.922. The molecule has 0 aliphatic carbocycles. The van der Waals surface area contributed by atoms with Gasteiger partial charge in [0.25, 0.3) is 5.91 Å². The van der Waals surface area contributed by atoms with Crippen LogP contribution in [0.5, 0.6) is 0 Å². The molecule has 0 radical (unpaired) electrons. The van der Waals surface area contributed by atoms with Crippen molar-refractivity contribution in [3.05, 3.63) is 29.8 Å². The smallest absolute Gasteiger partial charge is 0.253 e. The molecule has 2 heterocycles. The van der Waals surface area contributed by atoms with Crippen LogP contribution in [0.3, 0.4) is 0 Å². The molecule has 2 aliphatic heterocycles. The summed E-state index contributed by atoms with van der Waals surface area (Å²) in [6, 6.07) is 7.86. The van der Waals surface area contributed by atoms with Gasteiger partial charge in [-0.25, -0.2) is 0 Å². The lowest BCUT2D eigenvalue weighted by Crippen LogP contribution is -2.48. The number of hydrogen-bond acceptors (Lipinski definition) is 4. The van der Waals surface area contributed by atoms with Crippen LogP contribution in [0.4, 0.5) is 5.69 Å². The molecule has 0 unspecified atom stereocenters. The average Bonchev–Trinajstić information content (AvgIpc) is 2.62. The minimum Gasteiger partial charge on any atom is -0.378 e. The van der Waals surface area contributed by atoms with Crippen molar-refractivity contribution >= 4 is 11.6 Å². The number of piperidine rings is 1. The van der Waals surface area contributed by atoms with Gasteiger partial charge in [-0.3, -0.25) is 4.79 Å². The van der Waals surface area contributed by atoms with E-state index in [0.717, 1.165) is 50.2 Å². The van der Waals surface area contributed by atoms with Gasteiger partial charge in [0.05, 0.1) is 12.7 Å². The number of carbonyl (C=O) groups excluding carboxylic acids is 1. The highest BCUT2D eigenvalue weighted by Gasteiger charge is 2.39. The number of nitrogens with zero attached hydrogens (tertiary/aromatic N) is 2. The molecular weight excluding hydrogens is 302 g/mol. The molecule has 0 bridgehead atoms. The van der Waals surface area contributed by atoms with Crippen LogP contribution in [0.2, 0.25) is 0 Å². The zero-order chi connectivity index (χ0) is 17.2. The Balaban J connectivity index is 1.60. The molecule has 0 aromatic heterocycles. The molecule has 2 fully saturated rings. The van der Waals surface area contributed by atoms with E-state index in [0.29, 0.717) is 6.54 Å². The van der Waals surface area contributed by atoms with Crippen molar-refractivity contribution in [1.82, 2.24) is 4.90 Å². The first-order valence-corrected chi connectivity index (χ1v) is 8.91. The number of anilines is 1. The number of hydrogen-bond donors (Lipinski definition) is 1. The van der Waals surface area contributed by atoms with Crippen molar-refractivity contribution in [2.75, 3.05) is 45.2 Å². The highest BCUT2D eigenvalue weighted by molar-refractivity contribution is 5.95. The summed E-state index contributed by atoms with van der Waals surface area (Å²) in [5.74, 6) is 0.144. The summed E-state index contributed by atoms with van der Waals surface area (Å²) < 4.78 is 5.91. The largest absolute Gasteiger partial charge is 0.378 e. The predicted molar refractivity (Wildman–Crippen MR) is 96.4 cm³/mol. The highest BCUT2D eigenvalue weighted by Crippen LogP contribution is 2.40. The minimum atomic E-state index is 0.144. The van der Waals surface area contributed by atoms with E-state index in [9.17, 15) is 4.79 Å². The van der Waals surface area contributed by atoms with Gasteiger partial charge in [0, 0.05) is 45.0 Å². The van der Waals surface area contributed by atoms with E-state index in [2.05, 4.69) is 0 Å². The molecule has 2 N–H and O–H groups in total. The summed E-state index contributed by atoms with van der Waals surface area (Å²) in [4.78, 5) is 16.8. The van der Waals surface area contributed by atoms with Gasteiger partial charge in [0.1, 0.15) is 0 Å². The number of nitrogens with two attached hydrogens (primary N) is 1. The standard InChI is InChI=1S/C19H29N3O2/c1-21(2)16-5-3-4-15(12-16)18(23)22-10-8-19(9-11-22)7-6-17(13-20)24-14-19/h3-5,12,17H,6-11,13-14,20H2,1-2H3/t17-/m1/s1. The third kappa shape index (κ3) is 3.57. The molecule has 24 heavy (non-hydrogen) atoms. The van der Waals surface area contributed by atoms with E-state index >= 15 is 0 Å². The lowest BCUT2D eigenvalue weighted by Gasteiger charge is -2.45. The van der Waals surface area contributed by atoms with Gasteiger partial charge in [-0.2, -0.15) is 0 Å². The minimum absolute atomic E-state index is 0.144. The summed E-state index contributed by atoms with van der Waals surface area (Å²) >= 11 is 0. The molecule has 1 aromatic rings. The highest BCUT2D eigenvalue weighted by atomic mass is 16.5. The third-order valence-corrected chi connectivity index (χ3v) is 5.61. The summed E-state index contributed by atoms with van der Waals surface area (Å²) in [6.07, 6.45) is 4.51. The first-order chi connectivity index (χ1) is 11.5. The number of rotatable bonds is 3. The van der Waals surface area contributed by atoms with Crippen molar-refractivity contribution in [1.29, 1.82) is 0 Å². The van der Waals surface area contributed by atoms with Crippen LogP contribution < -0.4 is 10.6 Å². The first kappa shape index (κ1) is 17.2. The normalized spacial score (nSPS) is 23.3. The van der Waals surface area contributed by atoms with E-state index in [-0.39, 0.29) is 17.4 Å². The van der Waals surface area contributed by atoms with Crippen LogP contribution in [-0.4, -0.2) is 57.2 Å². The van der Waals surface area contributed by atoms with Crippen LogP contribution in [-0.2, 0) is 4.74 Å². The summed E-state index contributed by atoms with van der Waals surface area (Å²) in [5, 5.41) is 0. The Bertz CT molecular complexity index is 570. The Morgan fingerprint density at radius 1 is 1.33 bits per heavy atom. The number of benzene rings is 1. The molecule has 5 heteroatoms. The molecular formula is C19H29N3O2. The second-order valence-electron chi connectivity index (χ2n) is 7.44. The SMILES string of the molecule is CN(C)c1cccc(C(=O)N2CCC3(CC[C@H](CN)OC3)CC2)c1. The van der Waals surface area contributed by atoms with Crippen LogP contribution in [0, 0.1) is 5.41 Å². The second-order valence-corrected chi connectivity index (χ2v) is 7.44. The maximum absolute atomic E-state index is 12.8. The van der Waals surface area contributed by atoms with Crippen molar-refractivity contribution < 1.29 is 9.53 Å². The van der Waals surface area contributed by atoms with Crippen molar-refractivity contribution in [3.63, 3.8) is 0 Å².